The van der Waals surface area contributed by atoms with Crippen LogP contribution in [0, 0.1) is 6.92 Å². The summed E-state index contributed by atoms with van der Waals surface area (Å²) in [6, 6.07) is 3.12. The third-order valence-corrected chi connectivity index (χ3v) is 4.52. The minimum absolute atomic E-state index is 0.0811. The van der Waals surface area contributed by atoms with Crippen molar-refractivity contribution < 1.29 is 9.90 Å². The molecule has 1 atom stereocenters. The summed E-state index contributed by atoms with van der Waals surface area (Å²) in [5.41, 5.74) is 1.15. The molecule has 2 rings (SSSR count). The average molecular weight is 349 g/mol. The number of hydrogen-bond donors (Lipinski definition) is 2. The number of thioether (sulfide) groups is 1. The minimum Gasteiger partial charge on any atom is -0.394 e. The van der Waals surface area contributed by atoms with Crippen molar-refractivity contribution in [1.29, 1.82) is 0 Å². The van der Waals surface area contributed by atoms with Gasteiger partial charge < -0.3 is 15.0 Å². The highest BCUT2D eigenvalue weighted by Gasteiger charge is 2.18. The number of aryl methyl sites for hydroxylation is 2. The molecule has 2 N–H and O–H groups in total. The first kappa shape index (κ1) is 18.5. The molecule has 0 spiro atoms. The van der Waals surface area contributed by atoms with Crippen molar-refractivity contribution in [2.75, 3.05) is 18.6 Å². The number of aromatic nitrogens is 2. The third-order valence-electron chi connectivity index (χ3n) is 3.87. The second-order valence-corrected chi connectivity index (χ2v) is 6.60. The zero-order valence-electron chi connectivity index (χ0n) is 14.2. The van der Waals surface area contributed by atoms with Gasteiger partial charge in [-0.2, -0.15) is 11.8 Å². The number of aliphatic hydroxyl groups excluding tert-OH is 1. The zero-order chi connectivity index (χ0) is 17.7. The number of pyridine rings is 2. The van der Waals surface area contributed by atoms with Gasteiger partial charge in [0.15, 0.2) is 0 Å². The van der Waals surface area contributed by atoms with Crippen LogP contribution in [0.4, 0.5) is 0 Å². The van der Waals surface area contributed by atoms with E-state index in [0.717, 1.165) is 11.4 Å². The van der Waals surface area contributed by atoms with E-state index >= 15 is 0 Å². The van der Waals surface area contributed by atoms with Gasteiger partial charge in [0.05, 0.1) is 18.0 Å². The first-order chi connectivity index (χ1) is 11.5. The Morgan fingerprint density at radius 1 is 1.46 bits per heavy atom. The zero-order valence-corrected chi connectivity index (χ0v) is 15.0. The van der Waals surface area contributed by atoms with Crippen molar-refractivity contribution in [1.82, 2.24) is 14.9 Å². The van der Waals surface area contributed by atoms with Crippen LogP contribution < -0.4 is 10.7 Å². The van der Waals surface area contributed by atoms with Gasteiger partial charge in [0.2, 0.25) is 5.43 Å². The number of aliphatic hydroxyl groups is 1. The van der Waals surface area contributed by atoms with E-state index in [2.05, 4.69) is 10.3 Å². The van der Waals surface area contributed by atoms with Gasteiger partial charge in [-0.05, 0) is 44.4 Å². The highest BCUT2D eigenvalue weighted by molar-refractivity contribution is 7.98. The van der Waals surface area contributed by atoms with Crippen LogP contribution in [0.15, 0.2) is 23.1 Å². The van der Waals surface area contributed by atoms with Crippen LogP contribution in [0.1, 0.15) is 29.4 Å². The maximum absolute atomic E-state index is 12.7. The molecule has 2 heterocycles. The predicted octanol–water partition coefficient (Wildman–Crippen LogP) is 1.57. The van der Waals surface area contributed by atoms with E-state index in [0.29, 0.717) is 24.0 Å². The Hall–Kier alpha value is -1.86. The molecule has 0 aromatic carbocycles. The van der Waals surface area contributed by atoms with Crippen molar-refractivity contribution in [3.63, 3.8) is 0 Å². The topological polar surface area (TPSA) is 84.2 Å². The van der Waals surface area contributed by atoms with Crippen molar-refractivity contribution >= 4 is 28.7 Å². The van der Waals surface area contributed by atoms with Crippen LogP contribution in [0.25, 0.3) is 11.0 Å². The summed E-state index contributed by atoms with van der Waals surface area (Å²) in [4.78, 5) is 29.6. The third kappa shape index (κ3) is 3.96. The van der Waals surface area contributed by atoms with E-state index in [9.17, 15) is 14.7 Å². The molecule has 7 heteroatoms. The quantitative estimate of drug-likeness (QED) is 0.793. The van der Waals surface area contributed by atoms with E-state index in [1.54, 1.807) is 34.7 Å². The van der Waals surface area contributed by atoms with Crippen LogP contribution in [0.5, 0.6) is 0 Å². The Kier molecular flexibility index (Phi) is 6.39. The van der Waals surface area contributed by atoms with E-state index in [1.165, 1.54) is 0 Å². The average Bonchev–Trinajstić information content (AvgIpc) is 2.58. The highest BCUT2D eigenvalue weighted by Crippen LogP contribution is 2.11. The molecule has 130 valence electrons. The SMILES string of the molecule is CCn1cc(C(=O)NC(CO)CCSC)c(=O)c2ccc(C)nc21. The van der Waals surface area contributed by atoms with E-state index in [-0.39, 0.29) is 23.6 Å². The molecule has 0 aliphatic rings. The molecule has 1 amide bonds. The molecule has 0 aliphatic heterocycles. The standard InChI is InChI=1S/C17H23N3O3S/c1-4-20-9-14(17(23)19-12(10-21)7-8-24-3)15(22)13-6-5-11(2)18-16(13)20/h5-6,9,12,21H,4,7-8,10H2,1-3H3,(H,19,23). The van der Waals surface area contributed by atoms with Gasteiger partial charge in [-0.3, -0.25) is 9.59 Å². The second-order valence-electron chi connectivity index (χ2n) is 5.62. The van der Waals surface area contributed by atoms with Gasteiger partial charge in [-0.25, -0.2) is 4.98 Å². The molecule has 2 aromatic rings. The first-order valence-electron chi connectivity index (χ1n) is 7.93. The summed E-state index contributed by atoms with van der Waals surface area (Å²) in [5.74, 6) is 0.371. The lowest BCUT2D eigenvalue weighted by molar-refractivity contribution is 0.0913. The lowest BCUT2D eigenvalue weighted by atomic mass is 10.1. The number of nitrogens with one attached hydrogen (secondary N) is 1. The number of fused-ring (bicyclic) bond motifs is 1. The van der Waals surface area contributed by atoms with Gasteiger partial charge in [0.25, 0.3) is 5.91 Å². The summed E-state index contributed by atoms with van der Waals surface area (Å²) in [6.45, 7) is 4.25. The summed E-state index contributed by atoms with van der Waals surface area (Å²) >= 11 is 1.64. The van der Waals surface area contributed by atoms with Gasteiger partial charge >= 0.3 is 0 Å². The van der Waals surface area contributed by atoms with Crippen LogP contribution in [0.3, 0.4) is 0 Å². The molecule has 0 radical (unpaired) electrons. The summed E-state index contributed by atoms with van der Waals surface area (Å²) < 4.78 is 1.80. The molecular formula is C17H23N3O3S. The number of carbonyl (C=O) groups excluding carboxylic acids is 1. The fraction of sp³-hybridized carbons (Fsp3) is 0.471. The molecule has 0 aliphatic carbocycles. The lowest BCUT2D eigenvalue weighted by Gasteiger charge is -2.16. The molecular weight excluding hydrogens is 326 g/mol. The number of nitrogens with zero attached hydrogens (tertiary/aromatic N) is 2. The number of amides is 1. The fourth-order valence-electron chi connectivity index (χ4n) is 2.50. The molecule has 24 heavy (non-hydrogen) atoms. The Morgan fingerprint density at radius 2 is 2.21 bits per heavy atom. The summed E-state index contributed by atoms with van der Waals surface area (Å²) in [5, 5.41) is 12.6. The van der Waals surface area contributed by atoms with E-state index < -0.39 is 5.91 Å². The Morgan fingerprint density at radius 3 is 2.83 bits per heavy atom. The molecule has 6 nitrogen and oxygen atoms in total. The van der Waals surface area contributed by atoms with Gasteiger partial charge in [-0.15, -0.1) is 0 Å². The van der Waals surface area contributed by atoms with Crippen LogP contribution in [0.2, 0.25) is 0 Å². The van der Waals surface area contributed by atoms with E-state index in [4.69, 9.17) is 0 Å². The number of rotatable bonds is 7. The van der Waals surface area contributed by atoms with Crippen molar-refractivity contribution in [2.24, 2.45) is 0 Å². The lowest BCUT2D eigenvalue weighted by Crippen LogP contribution is -2.40. The summed E-state index contributed by atoms with van der Waals surface area (Å²) in [6.07, 6.45) is 4.17. The Balaban J connectivity index is 2.41. The van der Waals surface area contributed by atoms with Gasteiger partial charge in [-0.1, -0.05) is 0 Å². The van der Waals surface area contributed by atoms with Crippen molar-refractivity contribution in [3.05, 3.63) is 39.8 Å². The van der Waals surface area contributed by atoms with Crippen LogP contribution in [-0.4, -0.2) is 45.2 Å². The number of hydrogen-bond acceptors (Lipinski definition) is 5. The van der Waals surface area contributed by atoms with E-state index in [1.807, 2.05) is 20.1 Å². The minimum atomic E-state index is -0.454. The van der Waals surface area contributed by atoms with Crippen molar-refractivity contribution in [2.45, 2.75) is 32.9 Å². The molecule has 0 fully saturated rings. The maximum Gasteiger partial charge on any atom is 0.257 e. The predicted molar refractivity (Wildman–Crippen MR) is 97.8 cm³/mol. The number of carbonyl (C=O) groups is 1. The highest BCUT2D eigenvalue weighted by atomic mass is 32.2. The molecule has 0 bridgehead atoms. The van der Waals surface area contributed by atoms with Crippen molar-refractivity contribution in [3.8, 4) is 0 Å². The van der Waals surface area contributed by atoms with Crippen LogP contribution in [-0.2, 0) is 6.54 Å². The Bertz CT molecular complexity index is 788. The molecule has 0 saturated heterocycles. The second kappa shape index (κ2) is 8.30. The normalized spacial score (nSPS) is 12.3. The first-order valence-corrected chi connectivity index (χ1v) is 9.32. The molecule has 0 saturated carbocycles. The smallest absolute Gasteiger partial charge is 0.257 e. The Labute approximate surface area is 145 Å². The van der Waals surface area contributed by atoms with Crippen LogP contribution >= 0.6 is 11.8 Å². The largest absolute Gasteiger partial charge is 0.394 e. The molecule has 2 aromatic heterocycles. The molecule has 1 unspecified atom stereocenters. The summed E-state index contributed by atoms with van der Waals surface area (Å²) in [7, 11) is 0. The maximum atomic E-state index is 12.7. The van der Waals surface area contributed by atoms with Gasteiger partial charge in [0.1, 0.15) is 11.2 Å². The fourth-order valence-corrected chi connectivity index (χ4v) is 3.02. The monoisotopic (exact) mass is 349 g/mol. The van der Waals surface area contributed by atoms with Gasteiger partial charge in [0, 0.05) is 18.4 Å².